The van der Waals surface area contributed by atoms with E-state index in [2.05, 4.69) is 16.4 Å². The third-order valence-corrected chi connectivity index (χ3v) is 0.766. The van der Waals surface area contributed by atoms with E-state index in [-0.39, 0.29) is 0 Å². The Labute approximate surface area is 69.4 Å². The molecule has 0 heterocycles. The molecule has 0 saturated carbocycles. The van der Waals surface area contributed by atoms with Crippen LogP contribution in [0, 0.1) is 6.92 Å². The summed E-state index contributed by atoms with van der Waals surface area (Å²) in [4.78, 5) is 0. The second kappa shape index (κ2) is 4.14. The summed E-state index contributed by atoms with van der Waals surface area (Å²) in [6.45, 7) is 2.80. The fourth-order valence-corrected chi connectivity index (χ4v) is 0.440. The molecule has 0 unspecified atom stereocenters. The molecule has 79 valence electrons. The zero-order chi connectivity index (χ0) is 10.7. The van der Waals surface area contributed by atoms with Crippen LogP contribution >= 0.6 is 0 Å². The molecule has 0 N–H and O–H groups in total. The van der Waals surface area contributed by atoms with Gasteiger partial charge in [-0.05, 0) is 13.3 Å². The van der Waals surface area contributed by atoms with Gasteiger partial charge >= 0.3 is 12.7 Å². The Hall–Kier alpha value is -0.500. The highest BCUT2D eigenvalue weighted by Crippen LogP contribution is 2.26. The van der Waals surface area contributed by atoms with Crippen LogP contribution in [-0.4, -0.2) is 19.0 Å². The van der Waals surface area contributed by atoms with Crippen molar-refractivity contribution in [2.45, 2.75) is 25.4 Å². The zero-order valence-corrected chi connectivity index (χ0v) is 6.08. The number of rotatable bonds is 3. The SMILES string of the molecule is [CH2]CC(OC(F)(F)F)OC(F)(F)F. The van der Waals surface area contributed by atoms with Crippen molar-refractivity contribution in [1.29, 1.82) is 0 Å². The van der Waals surface area contributed by atoms with Crippen LogP contribution in [0.3, 0.4) is 0 Å². The van der Waals surface area contributed by atoms with Crippen LogP contribution in [0.2, 0.25) is 0 Å². The summed E-state index contributed by atoms with van der Waals surface area (Å²) in [6, 6.07) is 0. The lowest BCUT2D eigenvalue weighted by Crippen LogP contribution is -2.31. The van der Waals surface area contributed by atoms with Crippen molar-refractivity contribution in [2.24, 2.45) is 0 Å². The highest BCUT2D eigenvalue weighted by molar-refractivity contribution is 4.49. The fourth-order valence-electron chi connectivity index (χ4n) is 0.440. The molecule has 8 heteroatoms. The summed E-state index contributed by atoms with van der Waals surface area (Å²) in [6.07, 6.45) is -13.6. The third-order valence-electron chi connectivity index (χ3n) is 0.766. The maximum atomic E-state index is 11.4. The van der Waals surface area contributed by atoms with E-state index in [9.17, 15) is 26.3 Å². The van der Waals surface area contributed by atoms with Crippen LogP contribution in [0.4, 0.5) is 26.3 Å². The Morgan fingerprint density at radius 3 is 1.38 bits per heavy atom. The smallest absolute Gasteiger partial charge is 0.262 e. The number of hydrogen-bond acceptors (Lipinski definition) is 2. The predicted molar refractivity (Wildman–Crippen MR) is 28.0 cm³/mol. The summed E-state index contributed by atoms with van der Waals surface area (Å²) in [5.41, 5.74) is 0. The minimum absolute atomic E-state index is 0.807. The van der Waals surface area contributed by atoms with E-state index < -0.39 is 25.4 Å². The molecule has 2 nitrogen and oxygen atoms in total. The summed E-state index contributed by atoms with van der Waals surface area (Å²) < 4.78 is 74.1. The number of alkyl halides is 6. The van der Waals surface area contributed by atoms with Crippen LogP contribution in [0.5, 0.6) is 0 Å². The van der Waals surface area contributed by atoms with E-state index >= 15 is 0 Å². The summed E-state index contributed by atoms with van der Waals surface area (Å²) >= 11 is 0. The molecule has 0 aliphatic rings. The maximum Gasteiger partial charge on any atom is 0.524 e. The minimum atomic E-state index is -5.17. The lowest BCUT2D eigenvalue weighted by atomic mass is 10.5. The number of hydrogen-bond donors (Lipinski definition) is 0. The standard InChI is InChI=1S/C5H5F6O2/c1-2-3(12-4(6,7)8)13-5(9,10)11/h3H,1-2H2. The highest BCUT2D eigenvalue weighted by Gasteiger charge is 2.39. The van der Waals surface area contributed by atoms with Gasteiger partial charge in [0.2, 0.25) is 0 Å². The second-order valence-corrected chi connectivity index (χ2v) is 1.85. The fraction of sp³-hybridized carbons (Fsp3) is 0.800. The second-order valence-electron chi connectivity index (χ2n) is 1.85. The van der Waals surface area contributed by atoms with Crippen molar-refractivity contribution in [3.63, 3.8) is 0 Å². The van der Waals surface area contributed by atoms with E-state index in [0.717, 1.165) is 0 Å². The molecule has 0 aliphatic carbocycles. The van der Waals surface area contributed by atoms with E-state index in [1.54, 1.807) is 0 Å². The minimum Gasteiger partial charge on any atom is -0.262 e. The summed E-state index contributed by atoms with van der Waals surface area (Å²) in [5, 5.41) is 0. The first kappa shape index (κ1) is 12.5. The summed E-state index contributed by atoms with van der Waals surface area (Å²) in [5.74, 6) is 0. The lowest BCUT2D eigenvalue weighted by molar-refractivity contribution is -0.438. The molecule has 0 saturated heterocycles. The third kappa shape index (κ3) is 7.85. The van der Waals surface area contributed by atoms with Crippen LogP contribution in [-0.2, 0) is 9.47 Å². The van der Waals surface area contributed by atoms with Crippen LogP contribution in [0.15, 0.2) is 0 Å². The maximum absolute atomic E-state index is 11.4. The van der Waals surface area contributed by atoms with Gasteiger partial charge in [-0.15, -0.1) is 26.3 Å². The Balaban J connectivity index is 4.05. The molecule has 0 rings (SSSR count). The van der Waals surface area contributed by atoms with Crippen molar-refractivity contribution in [2.75, 3.05) is 0 Å². The van der Waals surface area contributed by atoms with Gasteiger partial charge in [0, 0.05) is 0 Å². The molecular weight excluding hydrogens is 206 g/mol. The monoisotopic (exact) mass is 211 g/mol. The van der Waals surface area contributed by atoms with Gasteiger partial charge in [-0.1, -0.05) is 0 Å². The average molecular weight is 211 g/mol. The quantitative estimate of drug-likeness (QED) is 0.527. The largest absolute Gasteiger partial charge is 0.524 e. The van der Waals surface area contributed by atoms with Gasteiger partial charge in [0.05, 0.1) is 0 Å². The van der Waals surface area contributed by atoms with Crippen LogP contribution < -0.4 is 0 Å². The topological polar surface area (TPSA) is 18.5 Å². The molecule has 0 aromatic carbocycles. The molecule has 0 bridgehead atoms. The number of ether oxygens (including phenoxy) is 2. The summed E-state index contributed by atoms with van der Waals surface area (Å²) in [7, 11) is 0. The highest BCUT2D eigenvalue weighted by atomic mass is 19.4. The molecule has 0 aromatic heterocycles. The predicted octanol–water partition coefficient (Wildman–Crippen LogP) is 2.61. The van der Waals surface area contributed by atoms with Crippen molar-refractivity contribution in [3.05, 3.63) is 6.92 Å². The first-order chi connectivity index (χ1) is 5.64. The first-order valence-electron chi connectivity index (χ1n) is 2.92. The van der Waals surface area contributed by atoms with Crippen LogP contribution in [0.25, 0.3) is 0 Å². The first-order valence-corrected chi connectivity index (χ1v) is 2.92. The van der Waals surface area contributed by atoms with E-state index in [0.29, 0.717) is 0 Å². The molecule has 0 spiro atoms. The molecule has 0 aliphatic heterocycles. The van der Waals surface area contributed by atoms with Gasteiger partial charge in [-0.2, -0.15) is 0 Å². The zero-order valence-electron chi connectivity index (χ0n) is 6.08. The molecule has 1 radical (unpaired) electrons. The molecular formula is C5H5F6O2. The molecule has 13 heavy (non-hydrogen) atoms. The molecule has 0 amide bonds. The number of halogens is 6. The van der Waals surface area contributed by atoms with Gasteiger partial charge in [0.25, 0.3) is 0 Å². The van der Waals surface area contributed by atoms with E-state index in [1.807, 2.05) is 0 Å². The van der Waals surface area contributed by atoms with Crippen molar-refractivity contribution in [1.82, 2.24) is 0 Å². The molecule has 0 atom stereocenters. The van der Waals surface area contributed by atoms with Gasteiger partial charge < -0.3 is 0 Å². The van der Waals surface area contributed by atoms with E-state index in [1.165, 1.54) is 0 Å². The van der Waals surface area contributed by atoms with Crippen molar-refractivity contribution >= 4 is 0 Å². The van der Waals surface area contributed by atoms with Gasteiger partial charge in [0.15, 0.2) is 6.29 Å². The Morgan fingerprint density at radius 2 is 1.23 bits per heavy atom. The Bertz CT molecular complexity index is 134. The van der Waals surface area contributed by atoms with Crippen molar-refractivity contribution < 1.29 is 35.8 Å². The Morgan fingerprint density at radius 1 is 0.923 bits per heavy atom. The average Bonchev–Trinajstić information content (AvgIpc) is 1.79. The van der Waals surface area contributed by atoms with Crippen LogP contribution in [0.1, 0.15) is 6.42 Å². The van der Waals surface area contributed by atoms with E-state index in [4.69, 9.17) is 0 Å². The lowest BCUT2D eigenvalue weighted by Gasteiger charge is -2.19. The van der Waals surface area contributed by atoms with Gasteiger partial charge in [-0.25, -0.2) is 0 Å². The van der Waals surface area contributed by atoms with Gasteiger partial charge in [0.1, 0.15) is 0 Å². The van der Waals surface area contributed by atoms with Gasteiger partial charge in [-0.3, -0.25) is 9.47 Å². The van der Waals surface area contributed by atoms with Crippen molar-refractivity contribution in [3.8, 4) is 0 Å². The normalized spacial score (nSPS) is 13.8. The molecule has 0 aromatic rings. The Kier molecular flexibility index (Phi) is 3.98. The molecule has 0 fully saturated rings.